The van der Waals surface area contributed by atoms with Gasteiger partial charge in [0.2, 0.25) is 0 Å². The Balaban J connectivity index is 2.05. The fourth-order valence-corrected chi connectivity index (χ4v) is 10.1. The summed E-state index contributed by atoms with van der Waals surface area (Å²) < 4.78 is 39.0. The molecule has 3 rings (SSSR count). The van der Waals surface area contributed by atoms with E-state index >= 15 is 0 Å². The van der Waals surface area contributed by atoms with E-state index in [-0.39, 0.29) is 35.0 Å². The molecule has 182 valence electrons. The fraction of sp³-hybridized carbons (Fsp3) is 1.00. The van der Waals surface area contributed by atoms with Crippen LogP contribution in [0.25, 0.3) is 0 Å². The van der Waals surface area contributed by atoms with Gasteiger partial charge < -0.3 is 14.6 Å². The molecule has 6 heteroatoms. The number of aliphatic hydroxyl groups is 1. The summed E-state index contributed by atoms with van der Waals surface area (Å²) in [6, 6.07) is 0. The number of sulfone groups is 1. The Morgan fingerprint density at radius 3 is 2.39 bits per heavy atom. The van der Waals surface area contributed by atoms with Gasteiger partial charge in [-0.05, 0) is 75.0 Å². The maximum atomic E-state index is 13.7. The summed E-state index contributed by atoms with van der Waals surface area (Å²) in [5, 5.41) is 11.7. The second-order valence-corrected chi connectivity index (χ2v) is 13.1. The van der Waals surface area contributed by atoms with Crippen molar-refractivity contribution >= 4 is 9.84 Å². The van der Waals surface area contributed by atoms with E-state index in [4.69, 9.17) is 9.47 Å². The summed E-state index contributed by atoms with van der Waals surface area (Å²) in [6.07, 6.45) is 8.47. The molecule has 2 saturated carbocycles. The largest absolute Gasteiger partial charge is 0.392 e. The van der Waals surface area contributed by atoms with E-state index in [1.807, 2.05) is 0 Å². The molecule has 0 aromatic carbocycles. The highest BCUT2D eigenvalue weighted by atomic mass is 32.2. The summed E-state index contributed by atoms with van der Waals surface area (Å²) in [5.41, 5.74) is -0.537. The highest BCUT2D eigenvalue weighted by Crippen LogP contribution is 2.53. The van der Waals surface area contributed by atoms with Crippen molar-refractivity contribution in [3.63, 3.8) is 0 Å². The highest BCUT2D eigenvalue weighted by molar-refractivity contribution is 7.92. The Hall–Kier alpha value is -0.170. The van der Waals surface area contributed by atoms with Crippen molar-refractivity contribution in [3.05, 3.63) is 0 Å². The predicted octanol–water partition coefficient (Wildman–Crippen LogP) is 4.61. The van der Waals surface area contributed by atoms with Crippen LogP contribution in [0.4, 0.5) is 0 Å². The number of methoxy groups -OCH3 is 2. The number of unbranched alkanes of at least 4 members (excludes halogenated alkanes) is 1. The van der Waals surface area contributed by atoms with Gasteiger partial charge in [0.25, 0.3) is 0 Å². The van der Waals surface area contributed by atoms with Gasteiger partial charge >= 0.3 is 0 Å². The van der Waals surface area contributed by atoms with Crippen LogP contribution >= 0.6 is 0 Å². The maximum absolute atomic E-state index is 13.7. The first-order chi connectivity index (χ1) is 14.7. The number of ether oxygens (including phenoxy) is 2. The van der Waals surface area contributed by atoms with Crippen LogP contribution in [0.3, 0.4) is 0 Å². The van der Waals surface area contributed by atoms with Gasteiger partial charge in [-0.15, -0.1) is 0 Å². The molecule has 3 aliphatic rings. The van der Waals surface area contributed by atoms with E-state index in [1.165, 1.54) is 0 Å². The van der Waals surface area contributed by atoms with Gasteiger partial charge in [0.15, 0.2) is 9.84 Å². The first kappa shape index (κ1) is 25.5. The Bertz CT molecular complexity index is 679. The molecule has 1 saturated heterocycles. The van der Waals surface area contributed by atoms with Crippen LogP contribution in [0.15, 0.2) is 0 Å². The lowest BCUT2D eigenvalue weighted by atomic mass is 9.60. The molecule has 0 amide bonds. The van der Waals surface area contributed by atoms with Crippen LogP contribution in [0.2, 0.25) is 0 Å². The Kier molecular flexibility index (Phi) is 8.54. The van der Waals surface area contributed by atoms with Crippen molar-refractivity contribution in [1.29, 1.82) is 0 Å². The number of hydrogen-bond acceptors (Lipinski definition) is 5. The van der Waals surface area contributed by atoms with E-state index < -0.39 is 21.4 Å². The summed E-state index contributed by atoms with van der Waals surface area (Å²) in [4.78, 5) is 0. The number of aliphatic hydroxyl groups excluding tert-OH is 1. The fourth-order valence-electron chi connectivity index (χ4n) is 7.27. The van der Waals surface area contributed by atoms with Gasteiger partial charge in [0, 0.05) is 19.6 Å². The van der Waals surface area contributed by atoms with Crippen LogP contribution < -0.4 is 0 Å². The van der Waals surface area contributed by atoms with Crippen molar-refractivity contribution in [1.82, 2.24) is 0 Å². The molecule has 3 fully saturated rings. The second-order valence-electron chi connectivity index (χ2n) is 10.8. The molecule has 1 N–H and O–H groups in total. The van der Waals surface area contributed by atoms with Crippen molar-refractivity contribution in [2.45, 2.75) is 109 Å². The zero-order chi connectivity index (χ0) is 22.8. The first-order valence-electron chi connectivity index (χ1n) is 12.7. The van der Waals surface area contributed by atoms with Crippen molar-refractivity contribution in [3.8, 4) is 0 Å². The summed E-state index contributed by atoms with van der Waals surface area (Å²) in [7, 11) is 0.247. The SMILES string of the molecule is CCCC[C@]1(CC)CS(=O)(=O)C2CCC(OC)CC2[C@H](C2CCC(C)C(OC)C2)C1O. The van der Waals surface area contributed by atoms with Crippen molar-refractivity contribution in [2.24, 2.45) is 29.1 Å². The van der Waals surface area contributed by atoms with Gasteiger partial charge in [-0.1, -0.05) is 33.6 Å². The number of rotatable bonds is 7. The van der Waals surface area contributed by atoms with Crippen LogP contribution in [0, 0.1) is 29.1 Å². The van der Waals surface area contributed by atoms with Crippen LogP contribution in [0.5, 0.6) is 0 Å². The average molecular weight is 459 g/mol. The molecule has 0 spiro atoms. The number of fused-ring (bicyclic) bond motifs is 1. The average Bonchev–Trinajstić information content (AvgIpc) is 2.83. The van der Waals surface area contributed by atoms with E-state index in [9.17, 15) is 13.5 Å². The van der Waals surface area contributed by atoms with Crippen LogP contribution in [0.1, 0.15) is 85.0 Å². The summed E-state index contributed by atoms with van der Waals surface area (Å²) in [5.74, 6) is 0.939. The monoisotopic (exact) mass is 458 g/mol. The van der Waals surface area contributed by atoms with Gasteiger partial charge in [-0.25, -0.2) is 8.42 Å². The molecule has 0 bridgehead atoms. The summed E-state index contributed by atoms with van der Waals surface area (Å²) in [6.45, 7) is 6.48. The van der Waals surface area contributed by atoms with E-state index in [0.29, 0.717) is 24.7 Å². The highest BCUT2D eigenvalue weighted by Gasteiger charge is 2.57. The minimum atomic E-state index is -3.28. The molecule has 7 unspecified atom stereocenters. The lowest BCUT2D eigenvalue weighted by molar-refractivity contribution is -0.0926. The van der Waals surface area contributed by atoms with Gasteiger partial charge in [0.1, 0.15) is 0 Å². The van der Waals surface area contributed by atoms with Gasteiger partial charge in [-0.3, -0.25) is 0 Å². The maximum Gasteiger partial charge on any atom is 0.154 e. The zero-order valence-electron chi connectivity index (χ0n) is 20.4. The molecule has 0 aromatic heterocycles. The predicted molar refractivity (Wildman–Crippen MR) is 125 cm³/mol. The number of hydrogen-bond donors (Lipinski definition) is 1. The van der Waals surface area contributed by atoms with Crippen LogP contribution in [-0.4, -0.2) is 57.1 Å². The van der Waals surface area contributed by atoms with Gasteiger partial charge in [0.05, 0.1) is 29.3 Å². The Labute approximate surface area is 190 Å². The van der Waals surface area contributed by atoms with Crippen molar-refractivity contribution < 1.29 is 23.0 Å². The minimum absolute atomic E-state index is 0.00202. The van der Waals surface area contributed by atoms with Crippen molar-refractivity contribution in [2.75, 3.05) is 20.0 Å². The second kappa shape index (κ2) is 10.4. The first-order valence-corrected chi connectivity index (χ1v) is 14.4. The lowest BCUT2D eigenvalue weighted by Gasteiger charge is -2.48. The molecule has 2 aliphatic carbocycles. The topological polar surface area (TPSA) is 72.8 Å². The quantitative estimate of drug-likeness (QED) is 0.603. The molecule has 9 atom stereocenters. The Morgan fingerprint density at radius 2 is 1.77 bits per heavy atom. The lowest BCUT2D eigenvalue weighted by Crippen LogP contribution is -2.50. The van der Waals surface area contributed by atoms with Crippen LogP contribution in [-0.2, 0) is 19.3 Å². The standard InChI is InChI=1S/C25H46O5S/c1-6-8-13-25(7-2)16-31(27,28)22-12-11-19(29-4)15-20(22)23(24(25)26)18-10-9-17(3)21(14-18)30-5/h17-24,26H,6-16H2,1-5H3/t17?,18?,19?,20?,21?,22?,23-,24?,25+/m0/s1. The molecule has 1 heterocycles. The molecule has 31 heavy (non-hydrogen) atoms. The molecule has 1 aliphatic heterocycles. The van der Waals surface area contributed by atoms with E-state index in [0.717, 1.165) is 51.4 Å². The molecule has 0 radical (unpaired) electrons. The van der Waals surface area contributed by atoms with E-state index in [2.05, 4.69) is 20.8 Å². The molecule has 5 nitrogen and oxygen atoms in total. The zero-order valence-corrected chi connectivity index (χ0v) is 21.2. The third-order valence-electron chi connectivity index (χ3n) is 9.30. The molecular weight excluding hydrogens is 412 g/mol. The normalized spacial score (nSPS) is 45.6. The minimum Gasteiger partial charge on any atom is -0.392 e. The summed E-state index contributed by atoms with van der Waals surface area (Å²) >= 11 is 0. The van der Waals surface area contributed by atoms with Gasteiger partial charge in [-0.2, -0.15) is 0 Å². The third-order valence-corrected chi connectivity index (χ3v) is 11.8. The molecular formula is C25H46O5S. The Morgan fingerprint density at radius 1 is 1.03 bits per heavy atom. The smallest absolute Gasteiger partial charge is 0.154 e. The third kappa shape index (κ3) is 5.02. The molecule has 0 aromatic rings. The van der Waals surface area contributed by atoms with E-state index in [1.54, 1.807) is 14.2 Å².